The smallest absolute Gasteiger partial charge is 0.239 e. The number of aryl methyl sites for hydroxylation is 2. The summed E-state index contributed by atoms with van der Waals surface area (Å²) in [6.45, 7) is 4.20. The molecule has 0 saturated heterocycles. The minimum Gasteiger partial charge on any atom is -0.497 e. The largest absolute Gasteiger partial charge is 0.497 e. The Balaban J connectivity index is 1.73. The summed E-state index contributed by atoms with van der Waals surface area (Å²) in [5.41, 5.74) is 3.72. The molecule has 0 spiro atoms. The Morgan fingerprint density at radius 2 is 1.68 bits per heavy atom. The van der Waals surface area contributed by atoms with Gasteiger partial charge in [-0.15, -0.1) is 0 Å². The van der Waals surface area contributed by atoms with Crippen LogP contribution in [0.5, 0.6) is 5.75 Å². The van der Waals surface area contributed by atoms with E-state index in [1.165, 1.54) is 11.8 Å². The number of methoxy groups -OCH3 is 1. The summed E-state index contributed by atoms with van der Waals surface area (Å²) in [4.78, 5) is 32.8. The Morgan fingerprint density at radius 1 is 1.04 bits per heavy atom. The molecule has 8 heteroatoms. The second-order valence-corrected chi connectivity index (χ2v) is 7.03. The number of nitrogens with one attached hydrogen (secondary N) is 2. The van der Waals surface area contributed by atoms with Crippen LogP contribution in [0.3, 0.4) is 0 Å². The molecular formula is C20H26N4O3S. The van der Waals surface area contributed by atoms with Crippen molar-refractivity contribution in [2.45, 2.75) is 38.4 Å². The lowest BCUT2D eigenvalue weighted by atomic mass is 10.1. The average Bonchev–Trinajstić information content (AvgIpc) is 2.70. The Kier molecular flexibility index (Phi) is 8.25. The number of carbonyl (C=O) groups excluding carboxylic acids is 2. The SMILES string of the molecule is COc1ccc(CNC(=O)CNC(=O)CCc2c(C)nc(SC)nc2C)cc1. The summed E-state index contributed by atoms with van der Waals surface area (Å²) in [5.74, 6) is 0.359. The van der Waals surface area contributed by atoms with E-state index in [1.54, 1.807) is 7.11 Å². The zero-order valence-corrected chi connectivity index (χ0v) is 17.5. The summed E-state index contributed by atoms with van der Waals surface area (Å²) in [7, 11) is 1.61. The Labute approximate surface area is 169 Å². The third kappa shape index (κ3) is 6.53. The third-order valence-corrected chi connectivity index (χ3v) is 4.83. The molecule has 2 amide bonds. The van der Waals surface area contributed by atoms with E-state index in [-0.39, 0.29) is 24.8 Å². The molecule has 0 unspecified atom stereocenters. The molecule has 0 bridgehead atoms. The first-order valence-electron chi connectivity index (χ1n) is 8.97. The number of hydrogen-bond donors (Lipinski definition) is 2. The number of carbonyl (C=O) groups is 2. The predicted molar refractivity (Wildman–Crippen MR) is 109 cm³/mol. The standard InChI is InChI=1S/C20H26N4O3S/c1-13-17(14(2)24-20(23-13)28-4)9-10-18(25)22-12-19(26)21-11-15-5-7-16(27-3)8-6-15/h5-8H,9-12H2,1-4H3,(H,21,26)(H,22,25). The van der Waals surface area contributed by atoms with E-state index in [4.69, 9.17) is 4.74 Å². The molecule has 7 nitrogen and oxygen atoms in total. The van der Waals surface area contributed by atoms with Crippen molar-refractivity contribution in [2.24, 2.45) is 0 Å². The lowest BCUT2D eigenvalue weighted by Crippen LogP contribution is -2.36. The predicted octanol–water partition coefficient (Wildman–Crippen LogP) is 2.19. The van der Waals surface area contributed by atoms with Gasteiger partial charge in [-0.1, -0.05) is 23.9 Å². The summed E-state index contributed by atoms with van der Waals surface area (Å²) in [6, 6.07) is 7.44. The van der Waals surface area contributed by atoms with Crippen LogP contribution in [0.4, 0.5) is 0 Å². The molecule has 0 aliphatic rings. The number of nitrogens with zero attached hydrogens (tertiary/aromatic N) is 2. The van der Waals surface area contributed by atoms with Gasteiger partial charge in [-0.05, 0) is 49.8 Å². The maximum atomic E-state index is 12.1. The Bertz CT molecular complexity index is 802. The van der Waals surface area contributed by atoms with Gasteiger partial charge in [-0.3, -0.25) is 9.59 Å². The molecule has 0 aliphatic carbocycles. The van der Waals surface area contributed by atoms with E-state index < -0.39 is 0 Å². The summed E-state index contributed by atoms with van der Waals surface area (Å²) >= 11 is 1.49. The monoisotopic (exact) mass is 402 g/mol. The van der Waals surface area contributed by atoms with Crippen LogP contribution in [0.2, 0.25) is 0 Å². The molecule has 1 heterocycles. The van der Waals surface area contributed by atoms with Crippen molar-refractivity contribution in [3.05, 3.63) is 46.8 Å². The molecule has 2 aromatic rings. The molecular weight excluding hydrogens is 376 g/mol. The summed E-state index contributed by atoms with van der Waals surface area (Å²) in [6.07, 6.45) is 2.77. The number of aromatic nitrogens is 2. The van der Waals surface area contributed by atoms with Crippen molar-refractivity contribution >= 4 is 23.6 Å². The van der Waals surface area contributed by atoms with E-state index >= 15 is 0 Å². The fourth-order valence-electron chi connectivity index (χ4n) is 2.67. The summed E-state index contributed by atoms with van der Waals surface area (Å²) in [5, 5.41) is 6.17. The lowest BCUT2D eigenvalue weighted by molar-refractivity contribution is -0.126. The molecule has 0 aliphatic heterocycles. The number of benzene rings is 1. The number of hydrogen-bond acceptors (Lipinski definition) is 6. The van der Waals surface area contributed by atoms with Gasteiger partial charge in [0.2, 0.25) is 11.8 Å². The van der Waals surface area contributed by atoms with Crippen molar-refractivity contribution in [1.82, 2.24) is 20.6 Å². The molecule has 150 valence electrons. The van der Waals surface area contributed by atoms with Crippen LogP contribution in [-0.2, 0) is 22.6 Å². The minimum absolute atomic E-state index is 0.0468. The van der Waals surface area contributed by atoms with Crippen molar-refractivity contribution < 1.29 is 14.3 Å². The maximum absolute atomic E-state index is 12.1. The third-order valence-electron chi connectivity index (χ3n) is 4.28. The highest BCUT2D eigenvalue weighted by molar-refractivity contribution is 7.98. The second-order valence-electron chi connectivity index (χ2n) is 6.26. The van der Waals surface area contributed by atoms with Crippen LogP contribution < -0.4 is 15.4 Å². The number of ether oxygens (including phenoxy) is 1. The van der Waals surface area contributed by atoms with Gasteiger partial charge in [0.1, 0.15) is 5.75 Å². The van der Waals surface area contributed by atoms with E-state index in [9.17, 15) is 9.59 Å². The fourth-order valence-corrected chi connectivity index (χ4v) is 3.13. The van der Waals surface area contributed by atoms with Crippen molar-refractivity contribution in [3.63, 3.8) is 0 Å². The van der Waals surface area contributed by atoms with Crippen LogP contribution in [0, 0.1) is 13.8 Å². The van der Waals surface area contributed by atoms with Crippen LogP contribution in [0.15, 0.2) is 29.4 Å². The Morgan fingerprint density at radius 3 is 2.25 bits per heavy atom. The van der Waals surface area contributed by atoms with Gasteiger partial charge in [0.25, 0.3) is 0 Å². The van der Waals surface area contributed by atoms with Gasteiger partial charge in [0.15, 0.2) is 5.16 Å². The topological polar surface area (TPSA) is 93.2 Å². The van der Waals surface area contributed by atoms with E-state index in [1.807, 2.05) is 44.4 Å². The zero-order chi connectivity index (χ0) is 20.5. The van der Waals surface area contributed by atoms with Crippen molar-refractivity contribution in [1.29, 1.82) is 0 Å². The molecule has 2 N–H and O–H groups in total. The van der Waals surface area contributed by atoms with Crippen molar-refractivity contribution in [2.75, 3.05) is 19.9 Å². The van der Waals surface area contributed by atoms with Gasteiger partial charge < -0.3 is 15.4 Å². The Hall–Kier alpha value is -2.61. The molecule has 0 radical (unpaired) electrons. The minimum atomic E-state index is -0.232. The molecule has 0 saturated carbocycles. The van der Waals surface area contributed by atoms with E-state index in [0.717, 1.165) is 33.4 Å². The van der Waals surface area contributed by atoms with Crippen LogP contribution in [0.1, 0.15) is 28.9 Å². The van der Waals surface area contributed by atoms with Crippen LogP contribution in [0.25, 0.3) is 0 Å². The first-order chi connectivity index (χ1) is 13.4. The molecule has 0 atom stereocenters. The molecule has 28 heavy (non-hydrogen) atoms. The van der Waals surface area contributed by atoms with E-state index in [0.29, 0.717) is 13.0 Å². The highest BCUT2D eigenvalue weighted by atomic mass is 32.2. The zero-order valence-electron chi connectivity index (χ0n) is 16.7. The maximum Gasteiger partial charge on any atom is 0.239 e. The quantitative estimate of drug-likeness (QED) is 0.493. The van der Waals surface area contributed by atoms with Gasteiger partial charge in [-0.2, -0.15) is 0 Å². The van der Waals surface area contributed by atoms with Gasteiger partial charge in [0.05, 0.1) is 13.7 Å². The molecule has 2 rings (SSSR count). The van der Waals surface area contributed by atoms with Crippen LogP contribution >= 0.6 is 11.8 Å². The summed E-state index contributed by atoms with van der Waals surface area (Å²) < 4.78 is 5.10. The number of thioether (sulfide) groups is 1. The van der Waals surface area contributed by atoms with Gasteiger partial charge in [0, 0.05) is 24.4 Å². The first-order valence-corrected chi connectivity index (χ1v) is 10.2. The molecule has 0 fully saturated rings. The lowest BCUT2D eigenvalue weighted by Gasteiger charge is -2.10. The van der Waals surface area contributed by atoms with Crippen LogP contribution in [-0.4, -0.2) is 41.7 Å². The number of amides is 2. The molecule has 1 aromatic carbocycles. The second kappa shape index (κ2) is 10.7. The normalized spacial score (nSPS) is 10.4. The van der Waals surface area contributed by atoms with Gasteiger partial charge in [-0.25, -0.2) is 9.97 Å². The average molecular weight is 403 g/mol. The highest BCUT2D eigenvalue weighted by Gasteiger charge is 2.11. The van der Waals surface area contributed by atoms with Crippen molar-refractivity contribution in [3.8, 4) is 5.75 Å². The van der Waals surface area contributed by atoms with E-state index in [2.05, 4.69) is 20.6 Å². The fraction of sp³-hybridized carbons (Fsp3) is 0.400. The number of rotatable bonds is 9. The molecule has 1 aromatic heterocycles. The highest BCUT2D eigenvalue weighted by Crippen LogP contribution is 2.17. The first kappa shape index (κ1) is 21.7. The van der Waals surface area contributed by atoms with Gasteiger partial charge >= 0.3 is 0 Å².